The van der Waals surface area contributed by atoms with Gasteiger partial charge in [0.2, 0.25) is 0 Å². The van der Waals surface area contributed by atoms with E-state index in [9.17, 15) is 4.39 Å². The van der Waals surface area contributed by atoms with E-state index in [-0.39, 0.29) is 11.6 Å². The van der Waals surface area contributed by atoms with Gasteiger partial charge in [-0.05, 0) is 24.6 Å². The molecular weight excluding hydrogens is 409 g/mol. The number of hydrogen-bond donors (Lipinski definition) is 1. The summed E-state index contributed by atoms with van der Waals surface area (Å²) in [6.45, 7) is 14.3. The van der Waals surface area contributed by atoms with Crippen LogP contribution >= 0.6 is 0 Å². The largest absolute Gasteiger partial charge is 0.494 e. The number of benzene rings is 1. The van der Waals surface area contributed by atoms with Crippen LogP contribution in [0.25, 0.3) is 0 Å². The Kier molecular flexibility index (Phi) is 8.61. The van der Waals surface area contributed by atoms with Crippen molar-refractivity contribution in [3.05, 3.63) is 53.9 Å². The quantitative estimate of drug-likeness (QED) is 0.364. The Morgan fingerprint density at radius 1 is 1.28 bits per heavy atom. The summed E-state index contributed by atoms with van der Waals surface area (Å²) in [4.78, 5) is 9.37. The Balaban J connectivity index is 1.54. The number of aliphatic imine (C=N–C) groups is 1. The molecule has 8 nitrogen and oxygen atoms in total. The van der Waals surface area contributed by atoms with Gasteiger partial charge in [0, 0.05) is 52.2 Å². The van der Waals surface area contributed by atoms with Gasteiger partial charge in [0.15, 0.2) is 17.5 Å². The lowest BCUT2D eigenvalue weighted by atomic mass is 10.2. The average Bonchev–Trinajstić information content (AvgIpc) is 3.24. The Morgan fingerprint density at radius 3 is 2.72 bits per heavy atom. The first-order valence-corrected chi connectivity index (χ1v) is 11.1. The molecule has 1 saturated heterocycles. The van der Waals surface area contributed by atoms with Crippen molar-refractivity contribution >= 4 is 5.96 Å². The molecule has 0 atom stereocenters. The van der Waals surface area contributed by atoms with Crippen molar-refractivity contribution in [3.63, 3.8) is 0 Å². The number of hydrogen-bond acceptors (Lipinski definition) is 5. The lowest BCUT2D eigenvalue weighted by Gasteiger charge is -2.36. The molecule has 0 radical (unpaired) electrons. The summed E-state index contributed by atoms with van der Waals surface area (Å²) in [7, 11) is 1.48. The van der Waals surface area contributed by atoms with Gasteiger partial charge in [-0.25, -0.2) is 9.38 Å². The number of methoxy groups -OCH3 is 1. The summed E-state index contributed by atoms with van der Waals surface area (Å²) in [5.41, 5.74) is 1.98. The summed E-state index contributed by atoms with van der Waals surface area (Å²) in [5.74, 6) is 1.84. The van der Waals surface area contributed by atoms with Gasteiger partial charge in [0.25, 0.3) is 0 Å². The zero-order chi connectivity index (χ0) is 22.9. The number of aromatic nitrogens is 3. The lowest BCUT2D eigenvalue weighted by Crippen LogP contribution is -2.52. The average molecular weight is 444 g/mol. The van der Waals surface area contributed by atoms with Gasteiger partial charge in [0.1, 0.15) is 12.2 Å². The second-order valence-corrected chi connectivity index (χ2v) is 8.05. The lowest BCUT2D eigenvalue weighted by molar-refractivity contribution is 0.172. The number of piperazine rings is 1. The van der Waals surface area contributed by atoms with Gasteiger partial charge in [-0.2, -0.15) is 0 Å². The van der Waals surface area contributed by atoms with Gasteiger partial charge in [-0.1, -0.05) is 25.1 Å². The molecule has 1 aliphatic rings. The maximum atomic E-state index is 14.0. The molecule has 1 aromatic carbocycles. The van der Waals surface area contributed by atoms with Gasteiger partial charge in [-0.15, -0.1) is 10.2 Å². The standard InChI is InChI=1S/C23H34FN7O/c1-5-22-28-27-17-31(22)9-8-25-23(26-15-18(2)3)30-12-10-29(11-13-30)16-19-6-7-21(32-4)20(24)14-19/h6-7,14,17H,2,5,8-13,15-16H2,1,3-4H3,(H,25,26). The molecule has 0 aliphatic carbocycles. The number of nitrogens with one attached hydrogen (secondary N) is 1. The Bertz CT molecular complexity index is 919. The van der Waals surface area contributed by atoms with Crippen molar-refractivity contribution in [2.75, 3.05) is 46.4 Å². The van der Waals surface area contributed by atoms with E-state index in [4.69, 9.17) is 9.73 Å². The van der Waals surface area contributed by atoms with Gasteiger partial charge < -0.3 is 19.5 Å². The minimum atomic E-state index is -0.318. The normalized spacial score (nSPS) is 15.1. The van der Waals surface area contributed by atoms with E-state index < -0.39 is 0 Å². The molecule has 0 saturated carbocycles. The number of ether oxygens (including phenoxy) is 1. The Labute approximate surface area is 189 Å². The van der Waals surface area contributed by atoms with Crippen molar-refractivity contribution in [3.8, 4) is 5.75 Å². The van der Waals surface area contributed by atoms with E-state index in [2.05, 4.69) is 43.4 Å². The maximum absolute atomic E-state index is 14.0. The summed E-state index contributed by atoms with van der Waals surface area (Å²) >= 11 is 0. The van der Waals surface area contributed by atoms with Crippen molar-refractivity contribution < 1.29 is 9.13 Å². The summed E-state index contributed by atoms with van der Waals surface area (Å²) < 4.78 is 21.1. The van der Waals surface area contributed by atoms with Gasteiger partial charge in [-0.3, -0.25) is 4.90 Å². The SMILES string of the molecule is C=C(C)CN=C(NCCn1cnnc1CC)N1CCN(Cc2ccc(OC)c(F)c2)CC1. The van der Waals surface area contributed by atoms with E-state index in [0.717, 1.165) is 68.6 Å². The van der Waals surface area contributed by atoms with E-state index in [0.29, 0.717) is 13.1 Å². The van der Waals surface area contributed by atoms with Crippen LogP contribution in [-0.4, -0.2) is 76.9 Å². The van der Waals surface area contributed by atoms with Crippen LogP contribution in [0.4, 0.5) is 4.39 Å². The van der Waals surface area contributed by atoms with Crippen LogP contribution in [0.5, 0.6) is 5.75 Å². The third kappa shape index (κ3) is 6.53. The smallest absolute Gasteiger partial charge is 0.194 e. The zero-order valence-corrected chi connectivity index (χ0v) is 19.3. The van der Waals surface area contributed by atoms with Crippen LogP contribution < -0.4 is 10.1 Å². The minimum absolute atomic E-state index is 0.278. The Morgan fingerprint density at radius 2 is 2.06 bits per heavy atom. The molecule has 1 fully saturated rings. The van der Waals surface area contributed by atoms with Crippen LogP contribution in [0, 0.1) is 5.82 Å². The van der Waals surface area contributed by atoms with Crippen LogP contribution in [0.3, 0.4) is 0 Å². The van der Waals surface area contributed by atoms with Crippen LogP contribution in [0.1, 0.15) is 25.2 Å². The Hall–Kier alpha value is -2.94. The van der Waals surface area contributed by atoms with Crippen LogP contribution in [0.15, 0.2) is 41.7 Å². The molecular formula is C23H34FN7O. The number of nitrogens with zero attached hydrogens (tertiary/aromatic N) is 6. The first kappa shape index (κ1) is 23.7. The molecule has 2 heterocycles. The van der Waals surface area contributed by atoms with E-state index in [1.807, 2.05) is 13.0 Å². The van der Waals surface area contributed by atoms with Crippen molar-refractivity contribution in [1.82, 2.24) is 29.9 Å². The number of guanidine groups is 1. The molecule has 2 aromatic rings. The zero-order valence-electron chi connectivity index (χ0n) is 19.3. The summed E-state index contributed by atoms with van der Waals surface area (Å²) in [6, 6.07) is 5.17. The first-order chi connectivity index (χ1) is 15.5. The topological polar surface area (TPSA) is 70.8 Å². The fraction of sp³-hybridized carbons (Fsp3) is 0.522. The molecule has 1 aromatic heterocycles. The molecule has 3 rings (SSSR count). The van der Waals surface area contributed by atoms with Crippen molar-refractivity contribution in [1.29, 1.82) is 0 Å². The fourth-order valence-electron chi connectivity index (χ4n) is 3.69. The fourth-order valence-corrected chi connectivity index (χ4v) is 3.69. The third-order valence-electron chi connectivity index (χ3n) is 5.44. The van der Waals surface area contributed by atoms with Crippen LogP contribution in [-0.2, 0) is 19.5 Å². The van der Waals surface area contributed by atoms with Crippen molar-refractivity contribution in [2.45, 2.75) is 33.4 Å². The summed E-state index contributed by atoms with van der Waals surface area (Å²) in [5, 5.41) is 11.6. The monoisotopic (exact) mass is 443 g/mol. The molecule has 174 valence electrons. The number of rotatable bonds is 9. The second-order valence-electron chi connectivity index (χ2n) is 8.05. The highest BCUT2D eigenvalue weighted by molar-refractivity contribution is 5.80. The molecule has 1 N–H and O–H groups in total. The summed E-state index contributed by atoms with van der Waals surface area (Å²) in [6.07, 6.45) is 2.63. The molecule has 1 aliphatic heterocycles. The highest BCUT2D eigenvalue weighted by Crippen LogP contribution is 2.19. The number of aryl methyl sites for hydroxylation is 1. The van der Waals surface area contributed by atoms with E-state index >= 15 is 0 Å². The van der Waals surface area contributed by atoms with E-state index in [1.54, 1.807) is 18.5 Å². The highest BCUT2D eigenvalue weighted by atomic mass is 19.1. The molecule has 0 bridgehead atoms. The maximum Gasteiger partial charge on any atom is 0.194 e. The van der Waals surface area contributed by atoms with Crippen molar-refractivity contribution in [2.24, 2.45) is 4.99 Å². The molecule has 0 unspecified atom stereocenters. The van der Waals surface area contributed by atoms with Gasteiger partial charge in [0.05, 0.1) is 13.7 Å². The third-order valence-corrected chi connectivity index (χ3v) is 5.44. The second kappa shape index (κ2) is 11.6. The molecule has 32 heavy (non-hydrogen) atoms. The highest BCUT2D eigenvalue weighted by Gasteiger charge is 2.20. The molecule has 9 heteroatoms. The predicted molar refractivity (Wildman–Crippen MR) is 124 cm³/mol. The first-order valence-electron chi connectivity index (χ1n) is 11.1. The van der Waals surface area contributed by atoms with Crippen LogP contribution in [0.2, 0.25) is 0 Å². The molecule has 0 amide bonds. The number of halogens is 1. The van der Waals surface area contributed by atoms with E-state index in [1.165, 1.54) is 7.11 Å². The van der Waals surface area contributed by atoms with Gasteiger partial charge >= 0.3 is 0 Å². The predicted octanol–water partition coefficient (Wildman–Crippen LogP) is 2.33. The molecule has 0 spiro atoms. The minimum Gasteiger partial charge on any atom is -0.494 e.